The molecule has 0 aromatic heterocycles. The van der Waals surface area contributed by atoms with E-state index in [1.165, 1.54) is 0 Å². The van der Waals surface area contributed by atoms with Crippen molar-refractivity contribution in [2.24, 2.45) is 0 Å². The highest BCUT2D eigenvalue weighted by molar-refractivity contribution is 5.74. The number of nitrogens with zero attached hydrogens (tertiary/aromatic N) is 7. The monoisotopic (exact) mass is 1360 g/mol. The third-order valence-corrected chi connectivity index (χ3v) is 16.8. The molecule has 0 rings (SSSR count). The molecule has 0 unspecified atom stereocenters. The lowest BCUT2D eigenvalue weighted by atomic mass is 10.1. The fourth-order valence-electron chi connectivity index (χ4n) is 11.9. The number of urea groups is 1. The molecule has 0 aliphatic heterocycles. The highest BCUT2D eigenvalue weighted by Crippen LogP contribution is 2.13. The summed E-state index contributed by atoms with van der Waals surface area (Å²) < 4.78 is 0. The van der Waals surface area contributed by atoms with E-state index in [-0.39, 0.29) is 55.9 Å². The summed E-state index contributed by atoms with van der Waals surface area (Å²) in [5, 5.41) is 33.4. The maximum absolute atomic E-state index is 14.5. The number of carbonyl (C=O) groups excluding carboxylic acids is 1. The average Bonchev–Trinajstić information content (AvgIpc) is 1.01. The molecule has 2 amide bonds. The van der Waals surface area contributed by atoms with Crippen molar-refractivity contribution in [1.82, 2.24) is 82.2 Å². The molecule has 17 nitrogen and oxygen atoms in total. The molecule has 0 saturated carbocycles. The molecular formula is C79H174N16O. The van der Waals surface area contributed by atoms with Crippen LogP contribution in [0.5, 0.6) is 0 Å². The van der Waals surface area contributed by atoms with Gasteiger partial charge < -0.3 is 82.2 Å². The van der Waals surface area contributed by atoms with Crippen molar-refractivity contribution in [2.45, 2.75) is 327 Å². The summed E-state index contributed by atoms with van der Waals surface area (Å²) in [6.07, 6.45) is 15.7. The van der Waals surface area contributed by atoms with Crippen LogP contribution in [-0.2, 0) is 0 Å². The van der Waals surface area contributed by atoms with Crippen LogP contribution in [0, 0.1) is 0 Å². The predicted molar refractivity (Wildman–Crippen MR) is 425 cm³/mol. The first-order valence-corrected chi connectivity index (χ1v) is 39.6. The molecule has 0 aromatic carbocycles. The number of nitrogens with one attached hydrogen (secondary N) is 9. The Bertz CT molecular complexity index is 1530. The molecule has 96 heavy (non-hydrogen) atoms. The fourth-order valence-corrected chi connectivity index (χ4v) is 11.9. The van der Waals surface area contributed by atoms with E-state index >= 15 is 0 Å². The van der Waals surface area contributed by atoms with Gasteiger partial charge in [0.2, 0.25) is 0 Å². The Morgan fingerprint density at radius 2 is 0.312 bits per heavy atom. The standard InChI is InChI=1S/C79H174N16O/c1-71(2,3)80-42-28-50-89(51-29-43-81-72(4,5)6)58-36-62-93(63-37-59-90(52-30-44-82-73(7,8)9)53-31-45-83-74(10,11)12)66-40-68-95(70(96)88-79(25,26)27)69-41-67-94(64-38-60-91(54-32-46-84-75(13,14)15)55-33-47-85-76(16,17)18)65-39-61-92(56-34-48-86-77(19,20)21)57-35-49-87-78(22,23)24/h80-87H,28-69H2,1-27H3,(H,88,96). The van der Waals surface area contributed by atoms with E-state index in [9.17, 15) is 4.79 Å². The Kier molecular flexibility index (Phi) is 48.7. The largest absolute Gasteiger partial charge is 0.333 e. The van der Waals surface area contributed by atoms with E-state index in [1.54, 1.807) is 0 Å². The molecule has 0 atom stereocenters. The second-order valence-corrected chi connectivity index (χ2v) is 38.1. The maximum atomic E-state index is 14.5. The van der Waals surface area contributed by atoms with Gasteiger partial charge in [0.25, 0.3) is 0 Å². The summed E-state index contributed by atoms with van der Waals surface area (Å²) >= 11 is 0. The van der Waals surface area contributed by atoms with E-state index in [4.69, 9.17) is 0 Å². The van der Waals surface area contributed by atoms with Crippen LogP contribution in [0.2, 0.25) is 0 Å². The van der Waals surface area contributed by atoms with E-state index in [0.717, 1.165) is 273 Å². The van der Waals surface area contributed by atoms with Gasteiger partial charge in [-0.2, -0.15) is 0 Å². The van der Waals surface area contributed by atoms with Crippen molar-refractivity contribution >= 4 is 6.03 Å². The Morgan fingerprint density at radius 1 is 0.188 bits per heavy atom. The van der Waals surface area contributed by atoms with Crippen LogP contribution in [0.4, 0.5) is 4.79 Å². The molecule has 9 N–H and O–H groups in total. The van der Waals surface area contributed by atoms with Gasteiger partial charge in [0.1, 0.15) is 0 Å². The summed E-state index contributed by atoms with van der Waals surface area (Å²) in [4.78, 5) is 33.2. The third-order valence-electron chi connectivity index (χ3n) is 16.8. The predicted octanol–water partition coefficient (Wildman–Crippen LogP) is 12.2. The average molecular weight is 1360 g/mol. The Morgan fingerprint density at radius 3 is 0.438 bits per heavy atom. The van der Waals surface area contributed by atoms with Gasteiger partial charge in [-0.05, 0) is 447 Å². The molecule has 0 spiro atoms. The first kappa shape index (κ1) is 94.7. The highest BCUT2D eigenvalue weighted by atomic mass is 16.2. The van der Waals surface area contributed by atoms with Crippen molar-refractivity contribution in [3.8, 4) is 0 Å². The second-order valence-electron chi connectivity index (χ2n) is 38.1. The van der Waals surface area contributed by atoms with Crippen LogP contribution in [0.25, 0.3) is 0 Å². The molecule has 0 heterocycles. The van der Waals surface area contributed by atoms with Crippen molar-refractivity contribution in [1.29, 1.82) is 0 Å². The second kappa shape index (κ2) is 49.4. The molecule has 0 bridgehead atoms. The zero-order valence-electron chi connectivity index (χ0n) is 69.7. The van der Waals surface area contributed by atoms with Gasteiger partial charge in [0, 0.05) is 62.9 Å². The Hall–Kier alpha value is -1.29. The zero-order valence-corrected chi connectivity index (χ0v) is 69.7. The van der Waals surface area contributed by atoms with Gasteiger partial charge in [-0.15, -0.1) is 0 Å². The third kappa shape index (κ3) is 67.2. The van der Waals surface area contributed by atoms with Crippen LogP contribution < -0.4 is 47.9 Å². The lowest BCUT2D eigenvalue weighted by molar-refractivity contribution is 0.169. The van der Waals surface area contributed by atoms with E-state index in [1.807, 2.05) is 0 Å². The van der Waals surface area contributed by atoms with E-state index in [2.05, 4.69) is 269 Å². The van der Waals surface area contributed by atoms with Crippen molar-refractivity contribution in [3.05, 3.63) is 0 Å². The minimum atomic E-state index is -0.322. The van der Waals surface area contributed by atoms with Gasteiger partial charge in [-0.1, -0.05) is 0 Å². The Balaban J connectivity index is 6.92. The lowest BCUT2D eigenvalue weighted by Crippen LogP contribution is -2.49. The molecule has 17 heteroatoms. The normalized spacial score (nSPS) is 13.8. The van der Waals surface area contributed by atoms with Crippen LogP contribution in [-0.4, -0.2) is 273 Å². The first-order chi connectivity index (χ1) is 44.2. The first-order valence-electron chi connectivity index (χ1n) is 39.6. The lowest BCUT2D eigenvalue weighted by Gasteiger charge is -2.32. The molecule has 0 radical (unpaired) electrons. The highest BCUT2D eigenvalue weighted by Gasteiger charge is 2.23. The summed E-state index contributed by atoms with van der Waals surface area (Å²) in [6.45, 7) is 90.4. The number of rotatable bonds is 56. The van der Waals surface area contributed by atoms with E-state index < -0.39 is 0 Å². The van der Waals surface area contributed by atoms with E-state index in [0.29, 0.717) is 0 Å². The molecular weight excluding hydrogens is 1190 g/mol. The van der Waals surface area contributed by atoms with Gasteiger partial charge in [0.05, 0.1) is 0 Å². The zero-order chi connectivity index (χ0) is 73.2. The number of hydrogen-bond donors (Lipinski definition) is 9. The summed E-state index contributed by atoms with van der Waals surface area (Å²) in [5.41, 5.74) is 0.682. The smallest absolute Gasteiger partial charge is 0.317 e. The van der Waals surface area contributed by atoms with Crippen LogP contribution in [0.3, 0.4) is 0 Å². The minimum Gasteiger partial charge on any atom is -0.333 e. The molecule has 576 valence electrons. The van der Waals surface area contributed by atoms with Crippen molar-refractivity contribution in [3.63, 3.8) is 0 Å². The van der Waals surface area contributed by atoms with Gasteiger partial charge >= 0.3 is 6.03 Å². The number of amides is 2. The summed E-state index contributed by atoms with van der Waals surface area (Å²) in [7, 11) is 0. The molecule has 0 aromatic rings. The fraction of sp³-hybridized carbons (Fsp3) is 0.987. The van der Waals surface area contributed by atoms with Crippen molar-refractivity contribution < 1.29 is 4.79 Å². The Labute approximate surface area is 600 Å². The summed E-state index contributed by atoms with van der Waals surface area (Å²) in [5.74, 6) is 0. The van der Waals surface area contributed by atoms with Crippen LogP contribution >= 0.6 is 0 Å². The van der Waals surface area contributed by atoms with Gasteiger partial charge in [-0.3, -0.25) is 0 Å². The molecule has 0 saturated heterocycles. The van der Waals surface area contributed by atoms with Gasteiger partial charge in [0.15, 0.2) is 0 Å². The van der Waals surface area contributed by atoms with Crippen LogP contribution in [0.1, 0.15) is 277 Å². The van der Waals surface area contributed by atoms with Crippen molar-refractivity contribution in [2.75, 3.05) is 183 Å². The van der Waals surface area contributed by atoms with Gasteiger partial charge in [-0.25, -0.2) is 4.79 Å². The molecule has 0 aliphatic rings. The molecule has 0 fully saturated rings. The maximum Gasteiger partial charge on any atom is 0.317 e. The number of hydrogen-bond acceptors (Lipinski definition) is 15. The topological polar surface area (TPSA) is 148 Å². The van der Waals surface area contributed by atoms with Crippen LogP contribution in [0.15, 0.2) is 0 Å². The quantitative estimate of drug-likeness (QED) is 0.0266. The number of carbonyl (C=O) groups is 1. The minimum absolute atomic E-state index is 0.0748. The summed E-state index contributed by atoms with van der Waals surface area (Å²) in [6, 6.07) is 0.0748. The molecule has 0 aliphatic carbocycles. The SMILES string of the molecule is CC(C)(C)NCCCN(CCCNC(C)(C)C)CCCN(CCCN(CCCNC(C)(C)C)CCCNC(C)(C)C)CCCN(CCCN(CCCN(CCCNC(C)(C)C)CCCNC(C)(C)C)CCCN(CCCNC(C)(C)C)CCCNC(C)(C)C)C(=O)NC(C)(C)C.